The minimum Gasteiger partial charge on any atom is -0.608 e. The van der Waals surface area contributed by atoms with E-state index in [1.807, 2.05) is 6.92 Å². The minimum atomic E-state index is -0.917. The van der Waals surface area contributed by atoms with Crippen LogP contribution >= 0.6 is 0 Å². The molecule has 1 unspecified atom stereocenters. The quantitative estimate of drug-likeness (QED) is 0.481. The van der Waals surface area contributed by atoms with Gasteiger partial charge in [-0.3, -0.25) is 0 Å². The molecular formula is C6H15N4O-. The fraction of sp³-hybridized carbons (Fsp3) is 1.00. The molecule has 0 fully saturated rings. The normalized spacial score (nSPS) is 16.5. The van der Waals surface area contributed by atoms with E-state index < -0.39 is 5.66 Å². The van der Waals surface area contributed by atoms with Crippen molar-refractivity contribution in [1.29, 1.82) is 0 Å². The molecule has 0 aromatic heterocycles. The van der Waals surface area contributed by atoms with E-state index in [-0.39, 0.29) is 0 Å². The molecule has 0 saturated carbocycles. The first-order valence-corrected chi connectivity index (χ1v) is 3.64. The third-order valence-electron chi connectivity index (χ3n) is 1.80. The van der Waals surface area contributed by atoms with Crippen molar-refractivity contribution in [2.45, 2.75) is 25.9 Å². The van der Waals surface area contributed by atoms with Crippen LogP contribution in [0.5, 0.6) is 0 Å². The molecule has 0 bridgehead atoms. The van der Waals surface area contributed by atoms with Gasteiger partial charge in [-0.2, -0.15) is 0 Å². The lowest BCUT2D eigenvalue weighted by Gasteiger charge is -2.38. The van der Waals surface area contributed by atoms with Crippen LogP contribution in [0.3, 0.4) is 0 Å². The molecule has 0 amide bonds. The number of hydrogen-bond acceptors (Lipinski definition) is 4. The predicted molar refractivity (Wildman–Crippen MR) is 44.6 cm³/mol. The highest BCUT2D eigenvalue weighted by molar-refractivity contribution is 4.82. The van der Waals surface area contributed by atoms with Crippen LogP contribution in [0.15, 0.2) is 5.18 Å². The second-order valence-corrected chi connectivity index (χ2v) is 2.60. The summed E-state index contributed by atoms with van der Waals surface area (Å²) in [5.74, 6) is 7.39. The van der Waals surface area contributed by atoms with Crippen LogP contribution in [0.25, 0.3) is 5.84 Å². The summed E-state index contributed by atoms with van der Waals surface area (Å²) in [7, 11) is 0. The lowest BCUT2D eigenvalue weighted by Crippen LogP contribution is -2.41. The topological polar surface area (TPSA) is 82.5 Å². The fourth-order valence-electron chi connectivity index (χ4n) is 0.675. The van der Waals surface area contributed by atoms with E-state index in [4.69, 9.17) is 11.6 Å². The van der Waals surface area contributed by atoms with Crippen LogP contribution in [-0.4, -0.2) is 23.8 Å². The standard InChI is InChI=1S/C6H15N4O/c1-3-6(2,9-11)10(8)5-4-7/h8H,3-5,7H2,1-2H3/q-1. The van der Waals surface area contributed by atoms with Crippen molar-refractivity contribution in [3.8, 4) is 0 Å². The molecular weight excluding hydrogens is 144 g/mol. The maximum absolute atomic E-state index is 10.3. The van der Waals surface area contributed by atoms with E-state index in [0.29, 0.717) is 19.5 Å². The average molecular weight is 159 g/mol. The smallest absolute Gasteiger partial charge is 0.135 e. The Morgan fingerprint density at radius 3 is 2.55 bits per heavy atom. The SMILES string of the molecule is CCC(C)(N=O)N([NH-])CCN. The van der Waals surface area contributed by atoms with Crippen molar-refractivity contribution < 1.29 is 0 Å². The van der Waals surface area contributed by atoms with Gasteiger partial charge < -0.3 is 16.6 Å². The molecule has 0 radical (unpaired) electrons. The molecule has 0 aromatic rings. The largest absolute Gasteiger partial charge is 0.608 e. The third-order valence-corrected chi connectivity index (χ3v) is 1.80. The number of nitrogens with two attached hydrogens (primary N) is 1. The van der Waals surface area contributed by atoms with E-state index in [1.165, 1.54) is 0 Å². The van der Waals surface area contributed by atoms with Gasteiger partial charge in [0.05, 0.1) is 0 Å². The van der Waals surface area contributed by atoms with E-state index >= 15 is 0 Å². The van der Waals surface area contributed by atoms with Crippen molar-refractivity contribution in [3.05, 3.63) is 10.7 Å². The highest BCUT2D eigenvalue weighted by atomic mass is 16.3. The van der Waals surface area contributed by atoms with E-state index in [2.05, 4.69) is 5.18 Å². The lowest BCUT2D eigenvalue weighted by atomic mass is 10.1. The summed E-state index contributed by atoms with van der Waals surface area (Å²) in [6.07, 6.45) is 0.528. The van der Waals surface area contributed by atoms with Gasteiger partial charge in [0.15, 0.2) is 0 Å². The Bertz CT molecular complexity index is 130. The van der Waals surface area contributed by atoms with Gasteiger partial charge in [-0.05, 0) is 25.1 Å². The third kappa shape index (κ3) is 2.53. The molecule has 0 rings (SSSR count). The molecule has 5 heteroatoms. The summed E-state index contributed by atoms with van der Waals surface area (Å²) in [6.45, 7) is 4.19. The van der Waals surface area contributed by atoms with Crippen LogP contribution in [0.2, 0.25) is 0 Å². The highest BCUT2D eigenvalue weighted by Crippen LogP contribution is 2.19. The molecule has 0 aromatic carbocycles. The zero-order valence-corrected chi connectivity index (χ0v) is 7.00. The zero-order chi connectivity index (χ0) is 8.91. The first kappa shape index (κ1) is 10.5. The Balaban J connectivity index is 4.11. The summed E-state index contributed by atoms with van der Waals surface area (Å²) in [5, 5.41) is 4.01. The molecule has 66 valence electrons. The van der Waals surface area contributed by atoms with Crippen LogP contribution in [-0.2, 0) is 0 Å². The average Bonchev–Trinajstić information content (AvgIpc) is 2.03. The van der Waals surface area contributed by atoms with E-state index in [0.717, 1.165) is 5.01 Å². The minimum absolute atomic E-state index is 0.370. The van der Waals surface area contributed by atoms with Crippen molar-refractivity contribution in [2.75, 3.05) is 13.1 Å². The monoisotopic (exact) mass is 159 g/mol. The Labute approximate surface area is 66.7 Å². The lowest BCUT2D eigenvalue weighted by molar-refractivity contribution is 0.170. The Morgan fingerprint density at radius 1 is 1.73 bits per heavy atom. The molecule has 0 aliphatic rings. The molecule has 5 nitrogen and oxygen atoms in total. The second-order valence-electron chi connectivity index (χ2n) is 2.60. The van der Waals surface area contributed by atoms with Gasteiger partial charge in [-0.1, -0.05) is 6.92 Å². The molecule has 0 saturated heterocycles. The number of hydrogen-bond donors (Lipinski definition) is 1. The molecule has 0 aliphatic heterocycles. The summed E-state index contributed by atoms with van der Waals surface area (Å²) < 4.78 is 0. The summed E-state index contributed by atoms with van der Waals surface area (Å²) >= 11 is 0. The highest BCUT2D eigenvalue weighted by Gasteiger charge is 2.23. The van der Waals surface area contributed by atoms with Gasteiger partial charge in [0, 0.05) is 6.54 Å². The van der Waals surface area contributed by atoms with Gasteiger partial charge >= 0.3 is 0 Å². The van der Waals surface area contributed by atoms with Crippen LogP contribution in [0.4, 0.5) is 0 Å². The second kappa shape index (κ2) is 4.38. The number of nitroso groups, excluding NO2 is 1. The number of rotatable bonds is 5. The predicted octanol–water partition coefficient (Wildman–Crippen LogP) is 1.11. The molecule has 0 heterocycles. The molecule has 3 N–H and O–H groups in total. The zero-order valence-electron chi connectivity index (χ0n) is 7.00. The van der Waals surface area contributed by atoms with Gasteiger partial charge in [-0.25, -0.2) is 0 Å². The molecule has 0 aliphatic carbocycles. The maximum atomic E-state index is 10.3. The Hall–Kier alpha value is -0.520. The number of nitrogens with one attached hydrogen (secondary N) is 1. The molecule has 1 atom stereocenters. The fourth-order valence-corrected chi connectivity index (χ4v) is 0.675. The van der Waals surface area contributed by atoms with E-state index in [9.17, 15) is 4.91 Å². The van der Waals surface area contributed by atoms with Gasteiger partial charge in [0.2, 0.25) is 0 Å². The molecule has 11 heavy (non-hydrogen) atoms. The summed E-state index contributed by atoms with van der Waals surface area (Å²) in [4.78, 5) is 10.3. The van der Waals surface area contributed by atoms with Crippen molar-refractivity contribution >= 4 is 0 Å². The maximum Gasteiger partial charge on any atom is 0.135 e. The van der Waals surface area contributed by atoms with Crippen LogP contribution in [0, 0.1) is 4.91 Å². The van der Waals surface area contributed by atoms with Gasteiger partial charge in [0.25, 0.3) is 0 Å². The van der Waals surface area contributed by atoms with Crippen molar-refractivity contribution in [1.82, 2.24) is 5.01 Å². The molecule has 0 spiro atoms. The summed E-state index contributed by atoms with van der Waals surface area (Å²) in [5.41, 5.74) is 4.31. The summed E-state index contributed by atoms with van der Waals surface area (Å²) in [6, 6.07) is 0. The van der Waals surface area contributed by atoms with Crippen molar-refractivity contribution in [2.24, 2.45) is 10.9 Å². The van der Waals surface area contributed by atoms with Gasteiger partial charge in [0.1, 0.15) is 5.66 Å². The van der Waals surface area contributed by atoms with Gasteiger partial charge in [-0.15, -0.1) is 4.91 Å². The Morgan fingerprint density at radius 2 is 2.27 bits per heavy atom. The first-order chi connectivity index (χ1) is 5.10. The van der Waals surface area contributed by atoms with E-state index in [1.54, 1.807) is 6.92 Å². The van der Waals surface area contributed by atoms with Crippen LogP contribution in [0.1, 0.15) is 20.3 Å². The number of nitrogens with zero attached hydrogens (tertiary/aromatic N) is 2. The van der Waals surface area contributed by atoms with Crippen molar-refractivity contribution in [3.63, 3.8) is 0 Å². The Kier molecular flexibility index (Phi) is 4.17. The first-order valence-electron chi connectivity index (χ1n) is 3.64. The van der Waals surface area contributed by atoms with Crippen LogP contribution < -0.4 is 5.73 Å².